The maximum absolute atomic E-state index is 19.2. The third kappa shape index (κ3) is 10.3. The number of hydrogen-bond donors (Lipinski definition) is 0. The van der Waals surface area contributed by atoms with E-state index in [1.54, 1.807) is 24.3 Å². The molecular formula is C76H74F2N2Si4. The summed E-state index contributed by atoms with van der Waals surface area (Å²) >= 11 is 0. The lowest BCUT2D eigenvalue weighted by Crippen LogP contribution is -2.39. The van der Waals surface area contributed by atoms with Gasteiger partial charge in [-0.1, -0.05) is 269 Å². The van der Waals surface area contributed by atoms with Gasteiger partial charge in [-0.2, -0.15) is 0 Å². The summed E-state index contributed by atoms with van der Waals surface area (Å²) in [7, 11) is -8.67. The molecule has 418 valence electrons. The topological polar surface area (TPSA) is 6.48 Å². The van der Waals surface area contributed by atoms with E-state index in [1.165, 1.54) is 9.80 Å². The van der Waals surface area contributed by atoms with Gasteiger partial charge in [-0.15, -0.1) is 0 Å². The van der Waals surface area contributed by atoms with Gasteiger partial charge in [0.1, 0.15) is 0 Å². The lowest BCUT2D eigenvalue weighted by molar-refractivity contribution is 0.632. The van der Waals surface area contributed by atoms with E-state index in [1.807, 2.05) is 121 Å². The van der Waals surface area contributed by atoms with Crippen LogP contribution >= 0.6 is 0 Å². The molecular weight excluding hydrogens is 1090 g/mol. The highest BCUT2D eigenvalue weighted by Gasteiger charge is 2.32. The zero-order valence-corrected chi connectivity index (χ0v) is 53.8. The van der Waals surface area contributed by atoms with Gasteiger partial charge in [0.2, 0.25) is 0 Å². The molecule has 0 aliphatic carbocycles. The average Bonchev–Trinajstić information content (AvgIpc) is 0.759. The molecule has 0 atom stereocenters. The first-order valence-corrected chi connectivity index (χ1v) is 42.7. The minimum absolute atomic E-state index is 0.0533. The summed E-state index contributed by atoms with van der Waals surface area (Å²) in [6, 6.07) is 48.3. The number of hydrogen-bond acceptors (Lipinski definition) is 2. The van der Waals surface area contributed by atoms with Crippen molar-refractivity contribution < 1.29 is 22.5 Å². The van der Waals surface area contributed by atoms with Gasteiger partial charge in [-0.3, -0.25) is 0 Å². The highest BCUT2D eigenvalue weighted by Crippen LogP contribution is 2.50. The van der Waals surface area contributed by atoms with Crippen LogP contribution in [-0.4, -0.2) is 32.3 Å². The van der Waals surface area contributed by atoms with E-state index in [9.17, 15) is 11.0 Å². The summed E-state index contributed by atoms with van der Waals surface area (Å²) in [5, 5.41) is 7.96. The van der Waals surface area contributed by atoms with Gasteiger partial charge in [0.05, 0.1) is 68.8 Å². The SMILES string of the molecule is [2H]c1c([2H])c([2H])c(N(c2cc(-c3ccccc3[Si](C)(C)C)cc(-c3ccccc3[Si](C)(C)C)c2F)c2ccc3ccc4c(N(c5cc(-c6ccccc6[Si](C)(C)C)cc(-c6ccccc6[Si](C)(C)C)c5F)c5c([2H])c([2H])c([2H])c([2H])c5[2H])ccc5ccc2c3c54)c([2H])c1[2H]. The Balaban J connectivity index is 1.22. The second-order valence-corrected chi connectivity index (χ2v) is 46.3. The highest BCUT2D eigenvalue weighted by atomic mass is 28.3. The van der Waals surface area contributed by atoms with Crippen molar-refractivity contribution in [2.24, 2.45) is 0 Å². The first kappa shape index (κ1) is 45.4. The molecule has 8 heteroatoms. The van der Waals surface area contributed by atoms with E-state index in [0.29, 0.717) is 54.6 Å². The largest absolute Gasteiger partial charge is 0.307 e. The van der Waals surface area contributed by atoms with Gasteiger partial charge in [0.25, 0.3) is 0 Å². The zero-order valence-electron chi connectivity index (χ0n) is 59.8. The Bertz CT molecular complexity index is 4720. The molecule has 0 spiro atoms. The number of nitrogens with zero attached hydrogens (tertiary/aromatic N) is 2. The van der Waals surface area contributed by atoms with Crippen molar-refractivity contribution in [1.29, 1.82) is 0 Å². The molecule has 0 saturated carbocycles. The Labute approximate surface area is 514 Å². The van der Waals surface area contributed by atoms with Crippen LogP contribution in [0.3, 0.4) is 0 Å². The van der Waals surface area contributed by atoms with E-state index < -0.39 is 104 Å². The summed E-state index contributed by atoms with van der Waals surface area (Å²) in [5.41, 5.74) is 5.01. The number of halogens is 2. The summed E-state index contributed by atoms with van der Waals surface area (Å²) in [4.78, 5) is 2.98. The van der Waals surface area contributed by atoms with Crippen molar-refractivity contribution in [2.75, 3.05) is 9.80 Å². The molecule has 12 aromatic carbocycles. The molecule has 0 unspecified atom stereocenters. The Morgan fingerprint density at radius 3 is 0.940 bits per heavy atom. The van der Waals surface area contributed by atoms with Crippen LogP contribution in [0.2, 0.25) is 78.6 Å². The molecule has 2 nitrogen and oxygen atoms in total. The molecule has 0 bridgehead atoms. The molecule has 0 aliphatic rings. The fourth-order valence-corrected chi connectivity index (χ4v) is 18.9. The van der Waals surface area contributed by atoms with E-state index in [4.69, 9.17) is 2.74 Å². The first-order chi connectivity index (χ1) is 44.2. The molecule has 0 amide bonds. The van der Waals surface area contributed by atoms with Gasteiger partial charge in [-0.05, 0) is 115 Å². The van der Waals surface area contributed by atoms with Crippen molar-refractivity contribution >= 4 is 119 Å². The van der Waals surface area contributed by atoms with E-state index in [0.717, 1.165) is 31.9 Å². The lowest BCUT2D eigenvalue weighted by Gasteiger charge is -2.31. The van der Waals surface area contributed by atoms with Crippen LogP contribution in [0.5, 0.6) is 0 Å². The number of anilines is 6. The Morgan fingerprint density at radius 1 is 0.310 bits per heavy atom. The summed E-state index contributed by atoms with van der Waals surface area (Å²) in [6.45, 7) is 26.8. The van der Waals surface area contributed by atoms with Gasteiger partial charge in [0.15, 0.2) is 11.6 Å². The predicted molar refractivity (Wildman–Crippen MR) is 373 cm³/mol. The monoisotopic (exact) mass is 1170 g/mol. The Hall–Kier alpha value is -7.99. The molecule has 0 heterocycles. The molecule has 0 saturated heterocycles. The van der Waals surface area contributed by atoms with Gasteiger partial charge in [-0.25, -0.2) is 8.78 Å². The zero-order chi connectivity index (χ0) is 67.7. The second-order valence-electron chi connectivity index (χ2n) is 26.1. The highest BCUT2D eigenvalue weighted by molar-refractivity contribution is 6.91. The van der Waals surface area contributed by atoms with Crippen LogP contribution in [0.25, 0.3) is 76.8 Å². The van der Waals surface area contributed by atoms with Crippen LogP contribution < -0.4 is 30.5 Å². The molecule has 84 heavy (non-hydrogen) atoms. The van der Waals surface area contributed by atoms with Crippen molar-refractivity contribution in [1.82, 2.24) is 0 Å². The van der Waals surface area contributed by atoms with E-state index in [-0.39, 0.29) is 45.3 Å². The Kier molecular flexibility index (Phi) is 11.7. The fourth-order valence-electron chi connectivity index (χ4n) is 12.4. The van der Waals surface area contributed by atoms with Crippen LogP contribution in [0, 0.1) is 11.6 Å². The Morgan fingerprint density at radius 2 is 0.607 bits per heavy atom. The molecule has 0 aromatic heterocycles. The maximum atomic E-state index is 19.2. The average molecular weight is 1180 g/mol. The maximum Gasteiger partial charge on any atom is 0.155 e. The van der Waals surface area contributed by atoms with Crippen LogP contribution in [0.1, 0.15) is 13.7 Å². The van der Waals surface area contributed by atoms with Crippen molar-refractivity contribution in [3.8, 4) is 44.5 Å². The lowest BCUT2D eigenvalue weighted by atomic mass is 9.91. The molecule has 12 aromatic rings. The third-order valence-corrected chi connectivity index (χ3v) is 24.5. The van der Waals surface area contributed by atoms with Crippen LogP contribution in [0.4, 0.5) is 42.9 Å². The second kappa shape index (κ2) is 21.6. The molecule has 0 fully saturated rings. The van der Waals surface area contributed by atoms with Crippen molar-refractivity contribution in [2.45, 2.75) is 78.6 Å². The fraction of sp³-hybridized carbons (Fsp3) is 0.158. The van der Waals surface area contributed by atoms with Crippen LogP contribution in [0.15, 0.2) is 230 Å². The predicted octanol–water partition coefficient (Wildman–Crippen LogP) is 20.7. The number of rotatable bonds is 14. The van der Waals surface area contributed by atoms with Crippen molar-refractivity contribution in [3.63, 3.8) is 0 Å². The van der Waals surface area contributed by atoms with Crippen molar-refractivity contribution in [3.05, 3.63) is 242 Å². The van der Waals surface area contributed by atoms with E-state index >= 15 is 8.78 Å². The molecule has 0 radical (unpaired) electrons. The van der Waals surface area contributed by atoms with Gasteiger partial charge < -0.3 is 9.80 Å². The summed E-state index contributed by atoms with van der Waals surface area (Å²) < 4.78 is 132. The smallest absolute Gasteiger partial charge is 0.155 e. The molecule has 12 rings (SSSR count). The van der Waals surface area contributed by atoms with Gasteiger partial charge >= 0.3 is 0 Å². The first-order valence-electron chi connectivity index (χ1n) is 33.7. The van der Waals surface area contributed by atoms with Gasteiger partial charge in [0, 0.05) is 33.3 Å². The summed E-state index contributed by atoms with van der Waals surface area (Å²) in [5.74, 6) is -1.34. The summed E-state index contributed by atoms with van der Waals surface area (Å²) in [6.07, 6.45) is 0. The molecule has 0 aliphatic heterocycles. The number of para-hydroxylation sites is 2. The quantitative estimate of drug-likeness (QED) is 0.0791. The standard InChI is InChI=1S/C76H74F2N2Si4/c1-81(2,3)69-35-23-19-31-57(69)53-47-63(59-33-21-25-37-71(59)83(7,8)9)75(77)67(49-53)79(55-27-15-13-16-28-55)65-45-41-51-40-44-62-66(46-42-52-39-43-61(65)73(51)74(52)62)80(56-29-17-14-18-30-56)68-50-54(58-32-20-24-36-70(58)82(4,5)6)48-64(76(68)78)60-34-22-26-38-72(60)84(10,11)12/h13-50H,1-12H3/i13D,14D,15D,16D,17D,18D,27D,28D,29D,30D. The number of benzene rings is 12. The third-order valence-electron chi connectivity index (χ3n) is 16.3. The minimum atomic E-state index is -2.21. The minimum Gasteiger partial charge on any atom is -0.307 e. The van der Waals surface area contributed by atoms with E-state index in [2.05, 4.69) is 103 Å². The molecule has 0 N–H and O–H groups in total. The van der Waals surface area contributed by atoms with Crippen LogP contribution in [-0.2, 0) is 0 Å². The normalized spacial score (nSPS) is 14.1.